The summed E-state index contributed by atoms with van der Waals surface area (Å²) in [6.07, 6.45) is 6.86. The van der Waals surface area contributed by atoms with Crippen molar-refractivity contribution in [2.75, 3.05) is 50.6 Å². The van der Waals surface area contributed by atoms with E-state index in [2.05, 4.69) is 21.8 Å². The molecule has 1 aromatic heterocycles. The second-order valence-electron chi connectivity index (χ2n) is 10.2. The summed E-state index contributed by atoms with van der Waals surface area (Å²) in [4.78, 5) is 24.0. The van der Waals surface area contributed by atoms with Gasteiger partial charge in [0.25, 0.3) is 0 Å². The molecule has 2 aliphatic heterocycles. The number of rotatable bonds is 7. The molecule has 2 fully saturated rings. The van der Waals surface area contributed by atoms with Crippen LogP contribution in [-0.2, 0) is 4.79 Å². The highest BCUT2D eigenvalue weighted by Crippen LogP contribution is 2.42. The van der Waals surface area contributed by atoms with E-state index >= 15 is 0 Å². The van der Waals surface area contributed by atoms with E-state index in [4.69, 9.17) is 11.6 Å². The summed E-state index contributed by atoms with van der Waals surface area (Å²) >= 11 is 6.52. The molecule has 0 saturated carbocycles. The van der Waals surface area contributed by atoms with Gasteiger partial charge in [-0.3, -0.25) is 9.69 Å². The van der Waals surface area contributed by atoms with Crippen LogP contribution in [0.3, 0.4) is 0 Å². The summed E-state index contributed by atoms with van der Waals surface area (Å²) in [7, 11) is 5.85. The first-order chi connectivity index (χ1) is 18.2. The Kier molecular flexibility index (Phi) is 7.27. The molecule has 0 aliphatic carbocycles. The predicted octanol–water partition coefficient (Wildman–Crippen LogP) is 5.05. The number of carbonyl (C=O) groups excluding carboxylic acids is 1. The fourth-order valence-corrected chi connectivity index (χ4v) is 5.70. The maximum Gasteiger partial charge on any atom is 0.218 e. The van der Waals surface area contributed by atoms with Crippen LogP contribution in [0.2, 0.25) is 5.02 Å². The van der Waals surface area contributed by atoms with Crippen molar-refractivity contribution in [3.05, 3.63) is 71.9 Å². The van der Waals surface area contributed by atoms with E-state index in [0.29, 0.717) is 51.3 Å². The van der Waals surface area contributed by atoms with Gasteiger partial charge in [-0.05, 0) is 73.5 Å². The number of aromatic hydroxyl groups is 1. The number of aromatic nitrogens is 1. The summed E-state index contributed by atoms with van der Waals surface area (Å²) in [5.74, 6) is 0.917. The number of benzene rings is 2. The summed E-state index contributed by atoms with van der Waals surface area (Å²) < 4.78 is 14.9. The van der Waals surface area contributed by atoms with Gasteiger partial charge in [0.2, 0.25) is 6.41 Å². The van der Waals surface area contributed by atoms with Crippen LogP contribution < -0.4 is 9.80 Å². The Morgan fingerprint density at radius 1 is 1.08 bits per heavy atom. The highest BCUT2D eigenvalue weighted by molar-refractivity contribution is 6.34. The van der Waals surface area contributed by atoms with Gasteiger partial charge in [0.15, 0.2) is 0 Å². The Morgan fingerprint density at radius 3 is 2.47 bits per heavy atom. The number of likely N-dealkylation sites (tertiary alicyclic amines) is 1. The van der Waals surface area contributed by atoms with E-state index in [1.54, 1.807) is 47.8 Å². The molecular weight excluding hydrogens is 505 g/mol. The van der Waals surface area contributed by atoms with E-state index in [1.807, 2.05) is 20.2 Å². The van der Waals surface area contributed by atoms with E-state index in [-0.39, 0.29) is 5.75 Å². The Balaban J connectivity index is 1.46. The molecule has 38 heavy (non-hydrogen) atoms. The Morgan fingerprint density at radius 2 is 1.82 bits per heavy atom. The molecule has 3 heterocycles. The standard InChI is InChI=1S/C29H31ClFN5O2/c1-33(2)10-11-35(18-37)26-5-4-19(12-25(26)30)23-14-22(31)15-24(29(23)38)20-6-8-32-28(13-20)36-16-21-7-9-34(3)27(21)17-36/h4-6,8,10-15,18,21,27,38H,7,9,16-17H2,1-3H3/b11-10-. The number of nitrogens with zero attached hydrogens (tertiary/aromatic N) is 5. The summed E-state index contributed by atoms with van der Waals surface area (Å²) in [5.41, 5.74) is 2.38. The Bertz CT molecular complexity index is 1380. The molecule has 9 heteroatoms. The lowest BCUT2D eigenvalue weighted by Gasteiger charge is -2.22. The molecular formula is C29H31ClFN5O2. The van der Waals surface area contributed by atoms with Crippen molar-refractivity contribution in [3.63, 3.8) is 0 Å². The van der Waals surface area contributed by atoms with Crippen LogP contribution in [0.25, 0.3) is 22.3 Å². The number of fused-ring (bicyclic) bond motifs is 1. The van der Waals surface area contributed by atoms with Gasteiger partial charge in [-0.25, -0.2) is 9.37 Å². The average molecular weight is 536 g/mol. The lowest BCUT2D eigenvalue weighted by molar-refractivity contribution is -0.106. The van der Waals surface area contributed by atoms with E-state index in [9.17, 15) is 14.3 Å². The van der Waals surface area contributed by atoms with E-state index in [1.165, 1.54) is 23.5 Å². The zero-order chi connectivity index (χ0) is 27.0. The third-order valence-electron chi connectivity index (χ3n) is 7.46. The minimum absolute atomic E-state index is 0.0508. The maximum atomic E-state index is 14.9. The molecule has 0 radical (unpaired) electrons. The van der Waals surface area contributed by atoms with Crippen molar-refractivity contribution >= 4 is 29.5 Å². The van der Waals surface area contributed by atoms with Gasteiger partial charge >= 0.3 is 0 Å². The number of anilines is 2. The van der Waals surface area contributed by atoms with Crippen LogP contribution in [-0.4, -0.2) is 73.1 Å². The van der Waals surface area contributed by atoms with E-state index < -0.39 is 5.82 Å². The molecule has 1 amide bonds. The normalized spacial score (nSPS) is 19.2. The van der Waals surface area contributed by atoms with Gasteiger partial charge in [-0.2, -0.15) is 0 Å². The number of carbonyl (C=O) groups is 1. The van der Waals surface area contributed by atoms with Gasteiger partial charge in [-0.1, -0.05) is 17.7 Å². The largest absolute Gasteiger partial charge is 0.507 e. The molecule has 0 spiro atoms. The topological polar surface area (TPSA) is 63.2 Å². The zero-order valence-corrected chi connectivity index (χ0v) is 22.4. The summed E-state index contributed by atoms with van der Waals surface area (Å²) in [6.45, 7) is 2.98. The highest BCUT2D eigenvalue weighted by atomic mass is 35.5. The third kappa shape index (κ3) is 5.06. The van der Waals surface area contributed by atoms with Crippen molar-refractivity contribution in [1.29, 1.82) is 0 Å². The van der Waals surface area contributed by atoms with Crippen LogP contribution in [0.1, 0.15) is 6.42 Å². The van der Waals surface area contributed by atoms with Crippen LogP contribution >= 0.6 is 11.6 Å². The molecule has 2 unspecified atom stereocenters. The van der Waals surface area contributed by atoms with Crippen molar-refractivity contribution in [2.45, 2.75) is 12.5 Å². The minimum Gasteiger partial charge on any atom is -0.507 e. The van der Waals surface area contributed by atoms with Crippen LogP contribution in [0.15, 0.2) is 61.1 Å². The first-order valence-electron chi connectivity index (χ1n) is 12.6. The SMILES string of the molecule is CN(C)/C=C\N(C=O)c1ccc(-c2cc(F)cc(-c3ccnc(N4CC5CCN(C)C5C4)c3)c2O)cc1Cl. The fourth-order valence-electron chi connectivity index (χ4n) is 5.42. The first-order valence-corrected chi connectivity index (χ1v) is 13.0. The van der Waals surface area contributed by atoms with E-state index in [0.717, 1.165) is 25.5 Å². The molecule has 3 aromatic rings. The molecule has 2 aliphatic rings. The first kappa shape index (κ1) is 26.0. The molecule has 198 valence electrons. The van der Waals surface area contributed by atoms with Gasteiger partial charge in [0.05, 0.1) is 10.7 Å². The highest BCUT2D eigenvalue weighted by Gasteiger charge is 2.40. The smallest absolute Gasteiger partial charge is 0.218 e. The van der Waals surface area contributed by atoms with Crippen molar-refractivity contribution in [3.8, 4) is 28.0 Å². The van der Waals surface area contributed by atoms with Gasteiger partial charge in [0, 0.05) is 63.0 Å². The maximum absolute atomic E-state index is 14.9. The van der Waals surface area contributed by atoms with Crippen LogP contribution in [0.5, 0.6) is 5.75 Å². The molecule has 5 rings (SSSR count). The molecule has 7 nitrogen and oxygen atoms in total. The van der Waals surface area contributed by atoms with Crippen molar-refractivity contribution < 1.29 is 14.3 Å². The summed E-state index contributed by atoms with van der Waals surface area (Å²) in [5, 5.41) is 11.6. The third-order valence-corrected chi connectivity index (χ3v) is 7.76. The van der Waals surface area contributed by atoms with Crippen LogP contribution in [0.4, 0.5) is 15.9 Å². The molecule has 0 bridgehead atoms. The number of hydrogen-bond donors (Lipinski definition) is 1. The van der Waals surface area contributed by atoms with Gasteiger partial charge < -0.3 is 19.8 Å². The molecule has 2 aromatic carbocycles. The molecule has 2 atom stereocenters. The lowest BCUT2D eigenvalue weighted by atomic mass is 9.97. The second-order valence-corrected chi connectivity index (χ2v) is 10.6. The average Bonchev–Trinajstić information content (AvgIpc) is 3.48. The number of phenolic OH excluding ortho intramolecular Hbond substituents is 1. The quantitative estimate of drug-likeness (QED) is 0.427. The minimum atomic E-state index is -0.480. The number of phenols is 1. The van der Waals surface area contributed by atoms with Crippen molar-refractivity contribution in [2.24, 2.45) is 5.92 Å². The fraction of sp³-hybridized carbons (Fsp3) is 0.310. The number of halogens is 2. The van der Waals surface area contributed by atoms with Gasteiger partial charge in [0.1, 0.15) is 17.4 Å². The Labute approximate surface area is 227 Å². The molecule has 1 N–H and O–H groups in total. The predicted molar refractivity (Wildman–Crippen MR) is 150 cm³/mol. The number of hydrogen-bond acceptors (Lipinski definition) is 6. The van der Waals surface area contributed by atoms with Crippen LogP contribution in [0, 0.1) is 11.7 Å². The second kappa shape index (κ2) is 10.6. The number of pyridine rings is 1. The van der Waals surface area contributed by atoms with Gasteiger partial charge in [-0.15, -0.1) is 0 Å². The molecule has 2 saturated heterocycles. The number of likely N-dealkylation sites (N-methyl/N-ethyl adjacent to an activating group) is 1. The number of amides is 1. The summed E-state index contributed by atoms with van der Waals surface area (Å²) in [6, 6.07) is 11.8. The zero-order valence-electron chi connectivity index (χ0n) is 21.7. The Hall–Kier alpha value is -3.62. The lowest BCUT2D eigenvalue weighted by Crippen LogP contribution is -2.32. The monoisotopic (exact) mass is 535 g/mol. The van der Waals surface area contributed by atoms with Crippen molar-refractivity contribution in [1.82, 2.24) is 14.8 Å².